The minimum absolute atomic E-state index is 0.0158. The van der Waals surface area contributed by atoms with Crippen LogP contribution < -0.4 is 10.6 Å². The normalized spacial score (nSPS) is 10.4. The van der Waals surface area contributed by atoms with Gasteiger partial charge in [0, 0.05) is 30.1 Å². The van der Waals surface area contributed by atoms with Crippen molar-refractivity contribution in [3.8, 4) is 0 Å². The van der Waals surface area contributed by atoms with E-state index in [1.807, 2.05) is 37.3 Å². The molecule has 4 heteroatoms. The van der Waals surface area contributed by atoms with Gasteiger partial charge in [-0.3, -0.25) is 4.79 Å². The summed E-state index contributed by atoms with van der Waals surface area (Å²) in [5.41, 5.74) is 1.87. The fourth-order valence-electron chi connectivity index (χ4n) is 1.70. The minimum atomic E-state index is -0.0158. The molecule has 0 radical (unpaired) electrons. The van der Waals surface area contributed by atoms with E-state index in [9.17, 15) is 4.79 Å². The summed E-state index contributed by atoms with van der Waals surface area (Å²) in [5.74, 6) is -0.0158. The Labute approximate surface area is 117 Å². The van der Waals surface area contributed by atoms with E-state index in [1.54, 1.807) is 11.3 Å². The molecule has 0 aliphatic heterocycles. The van der Waals surface area contributed by atoms with Crippen LogP contribution in [0, 0.1) is 6.92 Å². The maximum atomic E-state index is 11.8. The first-order chi connectivity index (χ1) is 9.25. The molecule has 2 rings (SSSR count). The monoisotopic (exact) mass is 274 g/mol. The highest BCUT2D eigenvalue weighted by Crippen LogP contribution is 2.07. The second kappa shape index (κ2) is 7.07. The van der Waals surface area contributed by atoms with Crippen LogP contribution in [0.15, 0.2) is 41.8 Å². The molecular formula is C15H18N2OS. The summed E-state index contributed by atoms with van der Waals surface area (Å²) in [6.45, 7) is 4.28. The summed E-state index contributed by atoms with van der Waals surface area (Å²) < 4.78 is 0. The van der Waals surface area contributed by atoms with Gasteiger partial charge in [0.25, 0.3) is 5.91 Å². The van der Waals surface area contributed by atoms with Gasteiger partial charge in [0.1, 0.15) is 0 Å². The van der Waals surface area contributed by atoms with Crippen molar-refractivity contribution in [3.63, 3.8) is 0 Å². The zero-order chi connectivity index (χ0) is 13.5. The highest BCUT2D eigenvalue weighted by Gasteiger charge is 2.03. The van der Waals surface area contributed by atoms with Crippen LogP contribution in [0.4, 0.5) is 0 Å². The van der Waals surface area contributed by atoms with E-state index >= 15 is 0 Å². The Kier molecular flexibility index (Phi) is 5.12. The second-order valence-electron chi connectivity index (χ2n) is 4.38. The maximum Gasteiger partial charge on any atom is 0.251 e. The molecule has 0 saturated carbocycles. The number of nitrogens with one attached hydrogen (secondary N) is 2. The molecule has 0 saturated heterocycles. The largest absolute Gasteiger partial charge is 0.351 e. The molecule has 1 amide bonds. The van der Waals surface area contributed by atoms with Crippen LogP contribution in [-0.2, 0) is 6.54 Å². The highest BCUT2D eigenvalue weighted by molar-refractivity contribution is 7.09. The Bertz CT molecular complexity index is 505. The predicted molar refractivity (Wildman–Crippen MR) is 79.5 cm³/mol. The predicted octanol–water partition coefficient (Wildman–Crippen LogP) is 2.58. The number of hydrogen-bond donors (Lipinski definition) is 2. The molecule has 1 heterocycles. The number of thiophene rings is 1. The average Bonchev–Trinajstić information content (AvgIpc) is 2.92. The van der Waals surface area contributed by atoms with Gasteiger partial charge in [-0.15, -0.1) is 11.3 Å². The van der Waals surface area contributed by atoms with E-state index in [-0.39, 0.29) is 5.91 Å². The minimum Gasteiger partial charge on any atom is -0.351 e. The molecule has 0 spiro atoms. The van der Waals surface area contributed by atoms with E-state index < -0.39 is 0 Å². The van der Waals surface area contributed by atoms with Crippen molar-refractivity contribution in [2.24, 2.45) is 0 Å². The fraction of sp³-hybridized carbons (Fsp3) is 0.267. The third-order valence-corrected chi connectivity index (χ3v) is 3.66. The van der Waals surface area contributed by atoms with Gasteiger partial charge >= 0.3 is 0 Å². The standard InChI is InChI=1S/C15H18N2OS/c1-12-4-6-13(7-5-12)15(18)17-9-8-16-11-14-3-2-10-19-14/h2-7,10,16H,8-9,11H2,1H3,(H,17,18). The second-order valence-corrected chi connectivity index (χ2v) is 5.41. The summed E-state index contributed by atoms with van der Waals surface area (Å²) >= 11 is 1.74. The third-order valence-electron chi connectivity index (χ3n) is 2.78. The van der Waals surface area contributed by atoms with E-state index in [2.05, 4.69) is 22.1 Å². The van der Waals surface area contributed by atoms with E-state index in [0.29, 0.717) is 12.1 Å². The number of carbonyl (C=O) groups excluding carboxylic acids is 1. The van der Waals surface area contributed by atoms with Crippen LogP contribution in [-0.4, -0.2) is 19.0 Å². The van der Waals surface area contributed by atoms with E-state index in [1.165, 1.54) is 4.88 Å². The summed E-state index contributed by atoms with van der Waals surface area (Å²) in [6.07, 6.45) is 0. The first-order valence-corrected chi connectivity index (χ1v) is 7.21. The Morgan fingerprint density at radius 1 is 1.16 bits per heavy atom. The molecule has 19 heavy (non-hydrogen) atoms. The molecule has 0 atom stereocenters. The number of amides is 1. The quantitative estimate of drug-likeness (QED) is 0.795. The molecule has 0 unspecified atom stereocenters. The van der Waals surface area contributed by atoms with Crippen LogP contribution >= 0.6 is 11.3 Å². The van der Waals surface area contributed by atoms with Gasteiger partial charge in [-0.25, -0.2) is 0 Å². The molecule has 2 N–H and O–H groups in total. The Balaban J connectivity index is 1.65. The molecule has 3 nitrogen and oxygen atoms in total. The van der Waals surface area contributed by atoms with Crippen LogP contribution in [0.1, 0.15) is 20.8 Å². The molecular weight excluding hydrogens is 256 g/mol. The van der Waals surface area contributed by atoms with E-state index in [4.69, 9.17) is 0 Å². The van der Waals surface area contributed by atoms with Crippen LogP contribution in [0.3, 0.4) is 0 Å². The average molecular weight is 274 g/mol. The molecule has 0 bridgehead atoms. The van der Waals surface area contributed by atoms with Gasteiger partial charge in [-0.1, -0.05) is 23.8 Å². The summed E-state index contributed by atoms with van der Waals surface area (Å²) in [4.78, 5) is 13.1. The van der Waals surface area contributed by atoms with Crippen molar-refractivity contribution in [2.45, 2.75) is 13.5 Å². The SMILES string of the molecule is Cc1ccc(C(=O)NCCNCc2cccs2)cc1. The molecule has 100 valence electrons. The maximum absolute atomic E-state index is 11.8. The van der Waals surface area contributed by atoms with Crippen molar-refractivity contribution in [3.05, 3.63) is 57.8 Å². The molecule has 0 aliphatic carbocycles. The van der Waals surface area contributed by atoms with Crippen molar-refractivity contribution in [2.75, 3.05) is 13.1 Å². The van der Waals surface area contributed by atoms with Crippen molar-refractivity contribution < 1.29 is 4.79 Å². The third kappa shape index (κ3) is 4.50. The number of rotatable bonds is 6. The lowest BCUT2D eigenvalue weighted by molar-refractivity contribution is 0.0954. The lowest BCUT2D eigenvalue weighted by atomic mass is 10.1. The van der Waals surface area contributed by atoms with Gasteiger partial charge in [0.05, 0.1) is 0 Å². The Hall–Kier alpha value is -1.65. The lowest BCUT2D eigenvalue weighted by Crippen LogP contribution is -2.31. The number of benzene rings is 1. The topological polar surface area (TPSA) is 41.1 Å². The highest BCUT2D eigenvalue weighted by atomic mass is 32.1. The summed E-state index contributed by atoms with van der Waals surface area (Å²) in [6, 6.07) is 11.7. The summed E-state index contributed by atoms with van der Waals surface area (Å²) in [5, 5.41) is 8.27. The van der Waals surface area contributed by atoms with Crippen LogP contribution in [0.2, 0.25) is 0 Å². The van der Waals surface area contributed by atoms with Crippen LogP contribution in [0.5, 0.6) is 0 Å². The zero-order valence-electron chi connectivity index (χ0n) is 11.0. The van der Waals surface area contributed by atoms with Crippen molar-refractivity contribution in [1.82, 2.24) is 10.6 Å². The molecule has 0 fully saturated rings. The lowest BCUT2D eigenvalue weighted by Gasteiger charge is -2.06. The van der Waals surface area contributed by atoms with Gasteiger partial charge in [-0.2, -0.15) is 0 Å². The Morgan fingerprint density at radius 2 is 1.95 bits per heavy atom. The zero-order valence-corrected chi connectivity index (χ0v) is 11.8. The molecule has 2 aromatic rings. The fourth-order valence-corrected chi connectivity index (χ4v) is 2.37. The Morgan fingerprint density at radius 3 is 2.63 bits per heavy atom. The molecule has 0 aliphatic rings. The first-order valence-electron chi connectivity index (χ1n) is 6.33. The van der Waals surface area contributed by atoms with Crippen LogP contribution in [0.25, 0.3) is 0 Å². The summed E-state index contributed by atoms with van der Waals surface area (Å²) in [7, 11) is 0. The number of aryl methyl sites for hydroxylation is 1. The van der Waals surface area contributed by atoms with Gasteiger partial charge < -0.3 is 10.6 Å². The van der Waals surface area contributed by atoms with Gasteiger partial charge in [-0.05, 0) is 30.5 Å². The van der Waals surface area contributed by atoms with Crippen molar-refractivity contribution >= 4 is 17.2 Å². The number of hydrogen-bond acceptors (Lipinski definition) is 3. The van der Waals surface area contributed by atoms with Crippen molar-refractivity contribution in [1.29, 1.82) is 0 Å². The molecule has 1 aromatic carbocycles. The van der Waals surface area contributed by atoms with Gasteiger partial charge in [0.2, 0.25) is 0 Å². The smallest absolute Gasteiger partial charge is 0.251 e. The molecule has 1 aromatic heterocycles. The first kappa shape index (κ1) is 13.8. The number of carbonyl (C=O) groups is 1. The van der Waals surface area contributed by atoms with Gasteiger partial charge in [0.15, 0.2) is 0 Å². The van der Waals surface area contributed by atoms with E-state index in [0.717, 1.165) is 18.7 Å².